The molecule has 5 nitrogen and oxygen atoms in total. The van der Waals surface area contributed by atoms with Crippen molar-refractivity contribution in [1.82, 2.24) is 5.43 Å². The third-order valence-corrected chi connectivity index (χ3v) is 3.21. The minimum Gasteiger partial charge on any atom is -0.381 e. The first-order valence-corrected chi connectivity index (χ1v) is 5.65. The zero-order valence-electron chi connectivity index (χ0n) is 8.98. The Morgan fingerprint density at radius 1 is 1.07 bits per heavy atom. The third-order valence-electron chi connectivity index (χ3n) is 3.21. The van der Waals surface area contributed by atoms with Gasteiger partial charge in [0.25, 0.3) is 0 Å². The molecule has 0 radical (unpaired) electrons. The van der Waals surface area contributed by atoms with E-state index in [-0.39, 0.29) is 12.1 Å². The molecule has 2 aliphatic rings. The van der Waals surface area contributed by atoms with Crippen molar-refractivity contribution in [1.29, 1.82) is 0 Å². The van der Waals surface area contributed by atoms with E-state index in [9.17, 15) is 0 Å². The summed E-state index contributed by atoms with van der Waals surface area (Å²) in [5, 5.41) is 0. The molecular formula is C10H20N2O3. The number of rotatable bonds is 3. The molecule has 2 unspecified atom stereocenters. The largest absolute Gasteiger partial charge is 0.381 e. The maximum Gasteiger partial charge on any atom is 0.0978 e. The molecule has 0 aromatic heterocycles. The highest BCUT2D eigenvalue weighted by Gasteiger charge is 2.32. The van der Waals surface area contributed by atoms with Gasteiger partial charge in [0.2, 0.25) is 0 Å². The van der Waals surface area contributed by atoms with Crippen LogP contribution < -0.4 is 11.3 Å². The molecule has 0 saturated carbocycles. The highest BCUT2D eigenvalue weighted by molar-refractivity contribution is 4.84. The van der Waals surface area contributed by atoms with Crippen LogP contribution in [0.4, 0.5) is 0 Å². The summed E-state index contributed by atoms with van der Waals surface area (Å²) in [6, 6.07) is 0.189. The molecule has 0 aromatic carbocycles. The zero-order chi connectivity index (χ0) is 10.5. The number of hydrogen-bond donors (Lipinski definition) is 2. The van der Waals surface area contributed by atoms with E-state index in [0.29, 0.717) is 25.7 Å². The molecule has 2 aliphatic heterocycles. The average molecular weight is 216 g/mol. The molecule has 2 saturated heterocycles. The van der Waals surface area contributed by atoms with Crippen molar-refractivity contribution < 1.29 is 14.2 Å². The second-order valence-electron chi connectivity index (χ2n) is 4.13. The van der Waals surface area contributed by atoms with Gasteiger partial charge in [0.15, 0.2) is 0 Å². The molecule has 2 fully saturated rings. The summed E-state index contributed by atoms with van der Waals surface area (Å²) in [7, 11) is 0. The molecule has 15 heavy (non-hydrogen) atoms. The SMILES string of the molecule is NNC(C1CCOCC1)C1COCCO1. The Morgan fingerprint density at radius 2 is 1.87 bits per heavy atom. The van der Waals surface area contributed by atoms with Crippen LogP contribution in [0, 0.1) is 5.92 Å². The highest BCUT2D eigenvalue weighted by atomic mass is 16.6. The number of hydrazine groups is 1. The van der Waals surface area contributed by atoms with Gasteiger partial charge in [0, 0.05) is 13.2 Å². The van der Waals surface area contributed by atoms with Gasteiger partial charge in [-0.3, -0.25) is 11.3 Å². The van der Waals surface area contributed by atoms with Gasteiger partial charge >= 0.3 is 0 Å². The van der Waals surface area contributed by atoms with E-state index in [1.54, 1.807) is 0 Å². The molecular weight excluding hydrogens is 196 g/mol. The standard InChI is InChI=1S/C10H20N2O3/c11-12-10(8-1-3-13-4-2-8)9-7-14-5-6-15-9/h8-10,12H,1-7,11H2. The fourth-order valence-corrected chi connectivity index (χ4v) is 2.34. The maximum absolute atomic E-state index is 5.68. The Kier molecular flexibility index (Phi) is 4.34. The number of hydrogen-bond acceptors (Lipinski definition) is 5. The normalized spacial score (nSPS) is 31.4. The van der Waals surface area contributed by atoms with Gasteiger partial charge in [0.05, 0.1) is 32.0 Å². The predicted molar refractivity (Wildman–Crippen MR) is 55.2 cm³/mol. The van der Waals surface area contributed by atoms with Crippen LogP contribution >= 0.6 is 0 Å². The van der Waals surface area contributed by atoms with E-state index in [4.69, 9.17) is 20.1 Å². The van der Waals surface area contributed by atoms with Gasteiger partial charge in [0.1, 0.15) is 0 Å². The molecule has 0 aliphatic carbocycles. The molecule has 88 valence electrons. The van der Waals surface area contributed by atoms with Crippen LogP contribution in [0.2, 0.25) is 0 Å². The lowest BCUT2D eigenvalue weighted by molar-refractivity contribution is -0.114. The third kappa shape index (κ3) is 2.89. The fourth-order valence-electron chi connectivity index (χ4n) is 2.34. The molecule has 2 rings (SSSR count). The van der Waals surface area contributed by atoms with Crippen LogP contribution in [-0.2, 0) is 14.2 Å². The van der Waals surface area contributed by atoms with Crippen LogP contribution in [-0.4, -0.2) is 45.2 Å². The monoisotopic (exact) mass is 216 g/mol. The molecule has 2 atom stereocenters. The second-order valence-corrected chi connectivity index (χ2v) is 4.13. The molecule has 0 spiro atoms. The number of nitrogens with one attached hydrogen (secondary N) is 1. The van der Waals surface area contributed by atoms with Crippen LogP contribution in [0.25, 0.3) is 0 Å². The molecule has 5 heteroatoms. The highest BCUT2D eigenvalue weighted by Crippen LogP contribution is 2.22. The number of nitrogens with two attached hydrogens (primary N) is 1. The van der Waals surface area contributed by atoms with E-state index in [0.717, 1.165) is 26.1 Å². The predicted octanol–water partition coefficient (Wildman–Crippen LogP) is -0.340. The first-order chi connectivity index (χ1) is 7.42. The molecule has 2 heterocycles. The summed E-state index contributed by atoms with van der Waals surface area (Å²) < 4.78 is 16.4. The van der Waals surface area contributed by atoms with E-state index in [1.165, 1.54) is 0 Å². The van der Waals surface area contributed by atoms with Crippen molar-refractivity contribution in [2.75, 3.05) is 33.0 Å². The van der Waals surface area contributed by atoms with Gasteiger partial charge in [-0.2, -0.15) is 0 Å². The average Bonchev–Trinajstić information content (AvgIpc) is 2.33. The number of ether oxygens (including phenoxy) is 3. The summed E-state index contributed by atoms with van der Waals surface area (Å²) in [4.78, 5) is 0. The van der Waals surface area contributed by atoms with Crippen molar-refractivity contribution in [2.24, 2.45) is 11.8 Å². The van der Waals surface area contributed by atoms with Crippen molar-refractivity contribution in [3.8, 4) is 0 Å². The van der Waals surface area contributed by atoms with Crippen molar-refractivity contribution >= 4 is 0 Å². The van der Waals surface area contributed by atoms with Gasteiger partial charge < -0.3 is 14.2 Å². The van der Waals surface area contributed by atoms with Gasteiger partial charge in [-0.05, 0) is 18.8 Å². The van der Waals surface area contributed by atoms with Crippen LogP contribution in [0.15, 0.2) is 0 Å². The first-order valence-electron chi connectivity index (χ1n) is 5.65. The van der Waals surface area contributed by atoms with Crippen molar-refractivity contribution in [2.45, 2.75) is 25.0 Å². The van der Waals surface area contributed by atoms with E-state index < -0.39 is 0 Å². The molecule has 3 N–H and O–H groups in total. The van der Waals surface area contributed by atoms with Gasteiger partial charge in [-0.15, -0.1) is 0 Å². The van der Waals surface area contributed by atoms with Crippen molar-refractivity contribution in [3.63, 3.8) is 0 Å². The summed E-state index contributed by atoms with van der Waals surface area (Å²) in [5.74, 6) is 6.15. The lowest BCUT2D eigenvalue weighted by atomic mass is 9.88. The lowest BCUT2D eigenvalue weighted by Crippen LogP contribution is -2.54. The van der Waals surface area contributed by atoms with E-state index >= 15 is 0 Å². The van der Waals surface area contributed by atoms with Crippen LogP contribution in [0.1, 0.15) is 12.8 Å². The van der Waals surface area contributed by atoms with Crippen molar-refractivity contribution in [3.05, 3.63) is 0 Å². The smallest absolute Gasteiger partial charge is 0.0978 e. The Hall–Kier alpha value is -0.200. The topological polar surface area (TPSA) is 65.7 Å². The van der Waals surface area contributed by atoms with Gasteiger partial charge in [-0.25, -0.2) is 0 Å². The summed E-state index contributed by atoms with van der Waals surface area (Å²) in [6.07, 6.45) is 2.19. The van der Waals surface area contributed by atoms with E-state index in [2.05, 4.69) is 5.43 Å². The molecule has 0 bridgehead atoms. The lowest BCUT2D eigenvalue weighted by Gasteiger charge is -2.36. The zero-order valence-corrected chi connectivity index (χ0v) is 8.98. The Labute approximate surface area is 90.2 Å². The fraction of sp³-hybridized carbons (Fsp3) is 1.00. The summed E-state index contributed by atoms with van der Waals surface area (Å²) in [5.41, 5.74) is 2.88. The maximum atomic E-state index is 5.68. The first kappa shape index (κ1) is 11.3. The summed E-state index contributed by atoms with van der Waals surface area (Å²) in [6.45, 7) is 3.67. The Morgan fingerprint density at radius 3 is 2.47 bits per heavy atom. The van der Waals surface area contributed by atoms with Crippen LogP contribution in [0.3, 0.4) is 0 Å². The molecule has 0 aromatic rings. The molecule has 0 amide bonds. The second kappa shape index (κ2) is 5.77. The quantitative estimate of drug-likeness (QED) is 0.499. The Bertz CT molecular complexity index is 162. The van der Waals surface area contributed by atoms with Gasteiger partial charge in [-0.1, -0.05) is 0 Å². The minimum absolute atomic E-state index is 0.0897. The summed E-state index contributed by atoms with van der Waals surface area (Å²) >= 11 is 0. The van der Waals surface area contributed by atoms with Crippen LogP contribution in [0.5, 0.6) is 0 Å². The van der Waals surface area contributed by atoms with E-state index in [1.807, 2.05) is 0 Å². The Balaban J connectivity index is 1.88. The minimum atomic E-state index is 0.0897.